The molecule has 150 valence electrons. The molecule has 0 radical (unpaired) electrons. The minimum atomic E-state index is -3.30. The van der Waals surface area contributed by atoms with Gasteiger partial charge < -0.3 is 21.4 Å². The zero-order chi connectivity index (χ0) is 20.7. The summed E-state index contributed by atoms with van der Waals surface area (Å²) in [4.78, 5) is 15.2. The van der Waals surface area contributed by atoms with E-state index in [1.807, 2.05) is 0 Å². The zero-order valence-corrected chi connectivity index (χ0v) is 14.6. The molecule has 1 aromatic heterocycles. The molecule has 1 heterocycles. The number of halogens is 3. The Balaban J connectivity index is 2.15. The van der Waals surface area contributed by atoms with Crippen LogP contribution in [0.2, 0.25) is 0 Å². The van der Waals surface area contributed by atoms with E-state index in [0.717, 1.165) is 5.56 Å². The second-order valence-electron chi connectivity index (χ2n) is 5.82. The minimum absolute atomic E-state index is 0.0211. The lowest BCUT2D eigenvalue weighted by Crippen LogP contribution is -2.43. The first-order chi connectivity index (χ1) is 13.4. The van der Waals surface area contributed by atoms with Crippen LogP contribution in [0.5, 0.6) is 0 Å². The van der Waals surface area contributed by atoms with Gasteiger partial charge in [-0.25, -0.2) is 4.39 Å². The van der Waals surface area contributed by atoms with Gasteiger partial charge in [0.25, 0.3) is 5.91 Å². The van der Waals surface area contributed by atoms with E-state index in [-0.39, 0.29) is 17.8 Å². The van der Waals surface area contributed by atoms with Crippen LogP contribution < -0.4 is 11.1 Å². The highest BCUT2D eigenvalue weighted by Crippen LogP contribution is 2.23. The second-order valence-corrected chi connectivity index (χ2v) is 5.82. The van der Waals surface area contributed by atoms with Gasteiger partial charge in [0.1, 0.15) is 18.5 Å². The lowest BCUT2D eigenvalue weighted by Gasteiger charge is -2.22. The Labute approximate surface area is 158 Å². The highest BCUT2D eigenvalue weighted by molar-refractivity contribution is 6.00. The fourth-order valence-corrected chi connectivity index (χ4v) is 2.48. The predicted molar refractivity (Wildman–Crippen MR) is 95.9 cm³/mol. The number of aliphatic hydroxyl groups excluding tert-OH is 1. The number of hydrogen-bond donors (Lipinski definition) is 4. The maximum absolute atomic E-state index is 13.1. The molecule has 0 aliphatic rings. The van der Waals surface area contributed by atoms with Gasteiger partial charge in [0, 0.05) is 18.3 Å². The van der Waals surface area contributed by atoms with Gasteiger partial charge >= 0.3 is 6.43 Å². The lowest BCUT2D eigenvalue weighted by molar-refractivity contribution is -0.133. The van der Waals surface area contributed by atoms with Gasteiger partial charge in [0.2, 0.25) is 0 Å². The summed E-state index contributed by atoms with van der Waals surface area (Å²) in [6.07, 6.45) is -3.25. The zero-order valence-electron chi connectivity index (χ0n) is 14.6. The van der Waals surface area contributed by atoms with E-state index in [0.29, 0.717) is 11.3 Å². The van der Waals surface area contributed by atoms with Gasteiger partial charge in [-0.3, -0.25) is 9.78 Å². The van der Waals surface area contributed by atoms with Gasteiger partial charge in [-0.15, -0.1) is 0 Å². The van der Waals surface area contributed by atoms with Crippen LogP contribution in [0.25, 0.3) is 11.1 Å². The number of benzene rings is 1. The Morgan fingerprint density at radius 2 is 1.82 bits per heavy atom. The number of amides is 1. The predicted octanol–water partition coefficient (Wildman–Crippen LogP) is 1.64. The molecule has 2 atom stereocenters. The number of pyridine rings is 1. The van der Waals surface area contributed by atoms with Crippen LogP contribution in [0.15, 0.2) is 47.8 Å². The summed E-state index contributed by atoms with van der Waals surface area (Å²) in [6, 6.07) is 8.10. The maximum Gasteiger partial charge on any atom is 0.315 e. The number of hydrogen-bond acceptors (Lipinski definition) is 6. The normalized spacial score (nSPS) is 14.0. The Kier molecular flexibility index (Phi) is 7.47. The molecule has 7 nitrogen and oxygen atoms in total. The molecule has 0 aliphatic heterocycles. The van der Waals surface area contributed by atoms with E-state index in [9.17, 15) is 23.1 Å². The van der Waals surface area contributed by atoms with E-state index in [2.05, 4.69) is 10.1 Å². The number of nitrogens with two attached hydrogens (primary N) is 1. The summed E-state index contributed by atoms with van der Waals surface area (Å²) >= 11 is 0. The van der Waals surface area contributed by atoms with Crippen molar-refractivity contribution < 1.29 is 28.3 Å². The average Bonchev–Trinajstić information content (AvgIpc) is 2.72. The van der Waals surface area contributed by atoms with Crippen LogP contribution in [-0.4, -0.2) is 52.6 Å². The van der Waals surface area contributed by atoms with E-state index in [1.54, 1.807) is 29.6 Å². The fraction of sp³-hybridized carbons (Fsp3) is 0.278. The summed E-state index contributed by atoms with van der Waals surface area (Å²) in [5.41, 5.74) is 7.78. The molecule has 0 saturated heterocycles. The van der Waals surface area contributed by atoms with Crippen molar-refractivity contribution in [2.24, 2.45) is 10.9 Å². The number of alkyl halides is 3. The average molecular weight is 396 g/mol. The third-order valence-corrected chi connectivity index (χ3v) is 4.03. The number of carbonyl (C=O) groups excluding carboxylic acids is 1. The number of aromatic nitrogens is 1. The number of rotatable bonds is 8. The topological polar surface area (TPSA) is 121 Å². The summed E-state index contributed by atoms with van der Waals surface area (Å²) in [6.45, 7) is -1.18. The first kappa shape index (κ1) is 21.3. The number of nitrogens with one attached hydrogen (secondary N) is 1. The largest absolute Gasteiger partial charge is 0.411 e. The summed E-state index contributed by atoms with van der Waals surface area (Å²) < 4.78 is 37.7. The molecule has 2 rings (SSSR count). The SMILES string of the molecule is NC/C(=N/O)c1ccc(-c2ccc([C@H](O)[C@@H](CF)NC(=O)C(F)F)cc2)cn1. The molecule has 0 aliphatic carbocycles. The molecule has 1 aromatic carbocycles. The monoisotopic (exact) mass is 396 g/mol. The molecule has 1 amide bonds. The molecule has 0 bridgehead atoms. The smallest absolute Gasteiger partial charge is 0.315 e. The second kappa shape index (κ2) is 9.81. The van der Waals surface area contributed by atoms with Crippen molar-refractivity contribution in [2.75, 3.05) is 13.2 Å². The molecular formula is C18H19F3N4O3. The van der Waals surface area contributed by atoms with Gasteiger partial charge in [-0.05, 0) is 17.2 Å². The third-order valence-electron chi connectivity index (χ3n) is 4.03. The molecule has 28 heavy (non-hydrogen) atoms. The van der Waals surface area contributed by atoms with Crippen LogP contribution >= 0.6 is 0 Å². The summed E-state index contributed by atoms with van der Waals surface area (Å²) in [5, 5.41) is 23.8. The first-order valence-electron chi connectivity index (χ1n) is 8.21. The number of aliphatic hydroxyl groups is 1. The van der Waals surface area contributed by atoms with Crippen LogP contribution in [0.1, 0.15) is 17.4 Å². The van der Waals surface area contributed by atoms with Crippen molar-refractivity contribution in [1.82, 2.24) is 10.3 Å². The standard InChI is InChI=1S/C18H19F3N4O3/c19-7-14(24-18(27)17(20)21)16(26)11-3-1-10(2-4-11)12-5-6-13(23-9-12)15(8-22)25-28/h1-6,9,14,16-17,26,28H,7-8,22H2,(H,24,27)/b25-15-/t14-,16+/m1/s1. The molecule has 0 fully saturated rings. The van der Waals surface area contributed by atoms with E-state index < -0.39 is 31.2 Å². The first-order valence-corrected chi connectivity index (χ1v) is 8.21. The molecule has 10 heteroatoms. The summed E-state index contributed by atoms with van der Waals surface area (Å²) in [5.74, 6) is -1.65. The molecule has 2 aromatic rings. The highest BCUT2D eigenvalue weighted by atomic mass is 19.3. The molecule has 5 N–H and O–H groups in total. The van der Waals surface area contributed by atoms with Crippen molar-refractivity contribution in [3.8, 4) is 11.1 Å². The van der Waals surface area contributed by atoms with E-state index in [4.69, 9.17) is 10.9 Å². The minimum Gasteiger partial charge on any atom is -0.411 e. The van der Waals surface area contributed by atoms with Crippen molar-refractivity contribution in [1.29, 1.82) is 0 Å². The van der Waals surface area contributed by atoms with E-state index in [1.165, 1.54) is 18.3 Å². The third kappa shape index (κ3) is 5.05. The Morgan fingerprint density at radius 1 is 1.18 bits per heavy atom. The van der Waals surface area contributed by atoms with E-state index >= 15 is 0 Å². The molecule has 0 spiro atoms. The van der Waals surface area contributed by atoms with Crippen molar-refractivity contribution in [3.63, 3.8) is 0 Å². The number of oxime groups is 1. The Hall–Kier alpha value is -2.98. The quantitative estimate of drug-likeness (QED) is 0.307. The van der Waals surface area contributed by atoms with Crippen molar-refractivity contribution in [3.05, 3.63) is 53.9 Å². The number of nitrogens with zero attached hydrogens (tertiary/aromatic N) is 2. The van der Waals surface area contributed by atoms with Crippen molar-refractivity contribution >= 4 is 11.6 Å². The highest BCUT2D eigenvalue weighted by Gasteiger charge is 2.26. The van der Waals surface area contributed by atoms with Gasteiger partial charge in [0.15, 0.2) is 0 Å². The Bertz CT molecular complexity index is 814. The lowest BCUT2D eigenvalue weighted by atomic mass is 9.99. The number of carbonyl (C=O) groups is 1. The van der Waals surface area contributed by atoms with Gasteiger partial charge in [-0.1, -0.05) is 35.5 Å². The Morgan fingerprint density at radius 3 is 2.29 bits per heavy atom. The van der Waals surface area contributed by atoms with Crippen LogP contribution in [-0.2, 0) is 4.79 Å². The van der Waals surface area contributed by atoms with Gasteiger partial charge in [-0.2, -0.15) is 8.78 Å². The fourth-order valence-electron chi connectivity index (χ4n) is 2.48. The summed E-state index contributed by atoms with van der Waals surface area (Å²) in [7, 11) is 0. The van der Waals surface area contributed by atoms with Crippen molar-refractivity contribution in [2.45, 2.75) is 18.6 Å². The molecule has 0 saturated carbocycles. The van der Waals surface area contributed by atoms with Crippen LogP contribution in [0, 0.1) is 0 Å². The maximum atomic E-state index is 13.1. The van der Waals surface area contributed by atoms with Crippen LogP contribution in [0.3, 0.4) is 0 Å². The van der Waals surface area contributed by atoms with Crippen LogP contribution in [0.4, 0.5) is 13.2 Å². The molecular weight excluding hydrogens is 377 g/mol. The molecule has 0 unspecified atom stereocenters. The van der Waals surface area contributed by atoms with Gasteiger partial charge in [0.05, 0.1) is 11.7 Å².